The number of halogens is 6. The van der Waals surface area contributed by atoms with E-state index in [-0.39, 0.29) is 19.5 Å². The highest BCUT2D eigenvalue weighted by Crippen LogP contribution is 2.32. The van der Waals surface area contributed by atoms with Gasteiger partial charge < -0.3 is 0 Å². The fourth-order valence-corrected chi connectivity index (χ4v) is 1.29. The molecule has 0 nitrogen and oxygen atoms in total. The Morgan fingerprint density at radius 2 is 1.38 bits per heavy atom. The van der Waals surface area contributed by atoms with Crippen molar-refractivity contribution in [3.05, 3.63) is 35.4 Å². The number of terminal acetylenes is 1. The van der Waals surface area contributed by atoms with Crippen LogP contribution in [0.25, 0.3) is 0 Å². The molecule has 0 fully saturated rings. The van der Waals surface area contributed by atoms with E-state index in [1.165, 1.54) is 12.1 Å². The summed E-state index contributed by atoms with van der Waals surface area (Å²) >= 11 is 0. The second kappa shape index (κ2) is 13.0. The minimum atomic E-state index is -4.25. The van der Waals surface area contributed by atoms with Crippen LogP contribution in [0.15, 0.2) is 24.3 Å². The van der Waals surface area contributed by atoms with Crippen LogP contribution in [0.2, 0.25) is 0 Å². The molecular formula is C18H20F6. The predicted octanol–water partition coefficient (Wildman–Crippen LogP) is 5.11. The Morgan fingerprint density at radius 1 is 0.875 bits per heavy atom. The van der Waals surface area contributed by atoms with Crippen molar-refractivity contribution >= 4 is 0 Å². The molecule has 0 atom stereocenters. The Morgan fingerprint density at radius 3 is 1.75 bits per heavy atom. The number of alkyl halides is 3. The SMILES string of the molecule is C#CC#CC#CC.CC(C)(C)c1cccc(C(F)(F)F)c1.F.F.F. The molecule has 134 valence electrons. The van der Waals surface area contributed by atoms with Gasteiger partial charge >= 0.3 is 6.18 Å². The van der Waals surface area contributed by atoms with Gasteiger partial charge in [0.05, 0.1) is 5.56 Å². The van der Waals surface area contributed by atoms with E-state index in [1.807, 2.05) is 20.8 Å². The van der Waals surface area contributed by atoms with Crippen molar-refractivity contribution in [1.29, 1.82) is 0 Å². The van der Waals surface area contributed by atoms with Crippen LogP contribution in [-0.2, 0) is 11.6 Å². The van der Waals surface area contributed by atoms with Gasteiger partial charge in [0, 0.05) is 0 Å². The van der Waals surface area contributed by atoms with Crippen LogP contribution in [0.3, 0.4) is 0 Å². The smallest absolute Gasteiger partial charge is 0.269 e. The maximum atomic E-state index is 12.4. The summed E-state index contributed by atoms with van der Waals surface area (Å²) in [5.74, 6) is 12.0. The number of hydrogen-bond acceptors (Lipinski definition) is 0. The molecule has 0 saturated carbocycles. The molecule has 0 aromatic heterocycles. The highest BCUT2D eigenvalue weighted by atomic mass is 19.4. The van der Waals surface area contributed by atoms with Gasteiger partial charge in [-0.1, -0.05) is 44.9 Å². The number of rotatable bonds is 0. The topological polar surface area (TPSA) is 0 Å². The first-order valence-electron chi connectivity index (χ1n) is 6.18. The third kappa shape index (κ3) is 12.1. The van der Waals surface area contributed by atoms with Gasteiger partial charge in [0.2, 0.25) is 0 Å². The van der Waals surface area contributed by atoms with Crippen LogP contribution in [0.5, 0.6) is 0 Å². The van der Waals surface area contributed by atoms with Crippen molar-refractivity contribution in [2.24, 2.45) is 0 Å². The molecule has 0 aliphatic rings. The maximum absolute atomic E-state index is 12.4. The van der Waals surface area contributed by atoms with E-state index in [2.05, 4.69) is 29.6 Å². The highest BCUT2D eigenvalue weighted by molar-refractivity contribution is 5.33. The van der Waals surface area contributed by atoms with Crippen molar-refractivity contribution in [1.82, 2.24) is 0 Å². The second-order valence-electron chi connectivity index (χ2n) is 5.10. The second-order valence-corrected chi connectivity index (χ2v) is 5.10. The van der Waals surface area contributed by atoms with E-state index in [0.717, 1.165) is 6.07 Å². The van der Waals surface area contributed by atoms with Gasteiger partial charge in [-0.3, -0.25) is 14.1 Å². The Kier molecular flexibility index (Phi) is 15.9. The van der Waals surface area contributed by atoms with Crippen LogP contribution in [0.1, 0.15) is 38.8 Å². The van der Waals surface area contributed by atoms with Crippen molar-refractivity contribution < 1.29 is 27.3 Å². The summed E-state index contributed by atoms with van der Waals surface area (Å²) in [6.07, 6.45) is 0.529. The van der Waals surface area contributed by atoms with E-state index in [0.29, 0.717) is 5.56 Å². The van der Waals surface area contributed by atoms with E-state index in [1.54, 1.807) is 13.0 Å². The Labute approximate surface area is 138 Å². The molecule has 0 aliphatic heterocycles. The fourth-order valence-electron chi connectivity index (χ4n) is 1.29. The average molecular weight is 350 g/mol. The quantitative estimate of drug-likeness (QED) is 0.451. The molecular weight excluding hydrogens is 330 g/mol. The monoisotopic (exact) mass is 350 g/mol. The Bertz CT molecular complexity index is 593. The summed E-state index contributed by atoms with van der Waals surface area (Å²) in [6, 6.07) is 5.47. The molecule has 0 spiro atoms. The molecule has 1 aromatic rings. The molecule has 0 radical (unpaired) electrons. The van der Waals surface area contributed by atoms with Gasteiger partial charge in [0.25, 0.3) is 0 Å². The molecule has 6 heteroatoms. The van der Waals surface area contributed by atoms with Crippen LogP contribution in [0.4, 0.5) is 27.3 Å². The minimum absolute atomic E-state index is 0. The first-order chi connectivity index (χ1) is 9.62. The molecule has 0 N–H and O–H groups in total. The summed E-state index contributed by atoms with van der Waals surface area (Å²) in [5.41, 5.74) is -0.126. The van der Waals surface area contributed by atoms with E-state index < -0.39 is 11.7 Å². The van der Waals surface area contributed by atoms with Gasteiger partial charge in [0.1, 0.15) is 0 Å². The number of hydrogen-bond donors (Lipinski definition) is 0. The van der Waals surface area contributed by atoms with E-state index in [9.17, 15) is 13.2 Å². The summed E-state index contributed by atoms with van der Waals surface area (Å²) in [4.78, 5) is 0. The normalized spacial score (nSPS) is 8.58. The molecule has 0 amide bonds. The third-order valence-electron chi connectivity index (χ3n) is 2.38. The average Bonchev–Trinajstić information content (AvgIpc) is 2.38. The van der Waals surface area contributed by atoms with E-state index >= 15 is 0 Å². The predicted molar refractivity (Wildman–Crippen MR) is 87.7 cm³/mol. The van der Waals surface area contributed by atoms with Gasteiger partial charge in [-0.2, -0.15) is 13.2 Å². The third-order valence-corrected chi connectivity index (χ3v) is 2.38. The van der Waals surface area contributed by atoms with Gasteiger partial charge in [-0.15, -0.1) is 6.42 Å². The van der Waals surface area contributed by atoms with Gasteiger partial charge in [-0.05, 0) is 47.7 Å². The summed E-state index contributed by atoms with van der Waals surface area (Å²) in [6.45, 7) is 7.39. The molecule has 0 unspecified atom stereocenters. The molecule has 24 heavy (non-hydrogen) atoms. The highest BCUT2D eigenvalue weighted by Gasteiger charge is 2.31. The molecule has 0 aliphatic carbocycles. The molecule has 1 rings (SSSR count). The van der Waals surface area contributed by atoms with Gasteiger partial charge in [0.15, 0.2) is 0 Å². The lowest BCUT2D eigenvalue weighted by atomic mass is 9.86. The van der Waals surface area contributed by atoms with Crippen molar-refractivity contribution in [2.45, 2.75) is 39.3 Å². The van der Waals surface area contributed by atoms with E-state index in [4.69, 9.17) is 6.42 Å². The van der Waals surface area contributed by atoms with Crippen LogP contribution >= 0.6 is 0 Å². The Balaban J connectivity index is -0.000000175. The zero-order chi connectivity index (χ0) is 16.5. The zero-order valence-electron chi connectivity index (χ0n) is 13.7. The standard InChI is InChI=1S/C11H13F3.C7H4.3FH/c1-10(2,3)8-5-4-6-9(7-8)11(12,13)14;1-3-5-7-6-4-2;;;/h4-7H,1-3H3;1H,2H3;3*1H. The fraction of sp³-hybridized carbons (Fsp3) is 0.333. The molecule has 0 heterocycles. The first-order valence-corrected chi connectivity index (χ1v) is 6.18. The van der Waals surface area contributed by atoms with Crippen molar-refractivity contribution in [3.8, 4) is 36.0 Å². The molecule has 0 saturated heterocycles. The van der Waals surface area contributed by atoms with Crippen molar-refractivity contribution in [3.63, 3.8) is 0 Å². The summed E-state index contributed by atoms with van der Waals surface area (Å²) < 4.78 is 37.1. The number of benzene rings is 1. The molecule has 1 aromatic carbocycles. The lowest BCUT2D eigenvalue weighted by Gasteiger charge is -2.20. The minimum Gasteiger partial charge on any atom is -0.269 e. The van der Waals surface area contributed by atoms with Crippen LogP contribution < -0.4 is 0 Å². The van der Waals surface area contributed by atoms with Gasteiger partial charge in [-0.25, -0.2) is 0 Å². The first kappa shape index (κ1) is 29.5. The van der Waals surface area contributed by atoms with Crippen LogP contribution in [-0.4, -0.2) is 0 Å². The lowest BCUT2D eigenvalue weighted by Crippen LogP contribution is -2.13. The summed E-state index contributed by atoms with van der Waals surface area (Å²) in [5, 5.41) is 0. The maximum Gasteiger partial charge on any atom is 0.416 e. The van der Waals surface area contributed by atoms with Crippen molar-refractivity contribution in [2.75, 3.05) is 0 Å². The Hall–Kier alpha value is -2.52. The zero-order valence-corrected chi connectivity index (χ0v) is 13.7. The lowest BCUT2D eigenvalue weighted by molar-refractivity contribution is -0.137. The van der Waals surface area contributed by atoms with Crippen LogP contribution in [0, 0.1) is 36.0 Å². The molecule has 0 bridgehead atoms. The largest absolute Gasteiger partial charge is 0.416 e. The summed E-state index contributed by atoms with van der Waals surface area (Å²) in [7, 11) is 0.